The number of rotatable bonds is 11. The van der Waals surface area contributed by atoms with Crippen LogP contribution < -0.4 is 4.90 Å². The smallest absolute Gasteiger partial charge is 0.306 e. The first-order valence-electron chi connectivity index (χ1n) is 10.4. The van der Waals surface area contributed by atoms with E-state index in [0.717, 1.165) is 29.7 Å². The first-order chi connectivity index (χ1) is 12.7. The molecule has 0 spiro atoms. The average Bonchev–Trinajstić information content (AvgIpc) is 2.58. The van der Waals surface area contributed by atoms with Crippen LogP contribution in [-0.2, 0) is 21.4 Å². The minimum absolute atomic E-state index is 0.139. The molecule has 4 heteroatoms. The average molecular weight is 378 g/mol. The Labute approximate surface area is 165 Å². The predicted molar refractivity (Wildman–Crippen MR) is 114 cm³/mol. The molecule has 0 unspecified atom stereocenters. The van der Waals surface area contributed by atoms with Gasteiger partial charge in [0.2, 0.25) is 0 Å². The first kappa shape index (κ1) is 23.3. The molecule has 0 atom stereocenters. The molecule has 1 aromatic rings. The lowest BCUT2D eigenvalue weighted by atomic mass is 9.84. The highest BCUT2D eigenvalue weighted by atomic mass is 16.5. The fraction of sp³-hybridized carbons (Fsp3) is 0.696. The molecule has 0 aliphatic carbocycles. The van der Waals surface area contributed by atoms with Crippen LogP contribution in [0.25, 0.3) is 0 Å². The van der Waals surface area contributed by atoms with E-state index in [9.17, 15) is 9.90 Å². The van der Waals surface area contributed by atoms with E-state index in [-0.39, 0.29) is 11.4 Å². The van der Waals surface area contributed by atoms with Crippen molar-refractivity contribution in [1.82, 2.24) is 0 Å². The van der Waals surface area contributed by atoms with Crippen LogP contribution in [0.15, 0.2) is 12.1 Å². The fourth-order valence-electron chi connectivity index (χ4n) is 3.12. The predicted octanol–water partition coefficient (Wildman–Crippen LogP) is 5.59. The summed E-state index contributed by atoms with van der Waals surface area (Å²) in [6, 6.07) is 3.98. The van der Waals surface area contributed by atoms with E-state index in [1.807, 2.05) is 31.1 Å². The van der Waals surface area contributed by atoms with E-state index < -0.39 is 0 Å². The van der Waals surface area contributed by atoms with Gasteiger partial charge < -0.3 is 14.7 Å². The summed E-state index contributed by atoms with van der Waals surface area (Å²) in [5, 5.41) is 10.6. The summed E-state index contributed by atoms with van der Waals surface area (Å²) in [6.45, 7) is 8.98. The van der Waals surface area contributed by atoms with Crippen molar-refractivity contribution in [3.05, 3.63) is 23.3 Å². The maximum Gasteiger partial charge on any atom is 0.306 e. The van der Waals surface area contributed by atoms with E-state index in [1.165, 1.54) is 25.7 Å². The number of ether oxygens (including phenoxy) is 1. The number of carbonyl (C=O) groups is 1. The molecule has 1 N–H and O–H groups in total. The summed E-state index contributed by atoms with van der Waals surface area (Å²) in [5.41, 5.74) is 2.59. The van der Waals surface area contributed by atoms with E-state index in [2.05, 4.69) is 27.7 Å². The van der Waals surface area contributed by atoms with Gasteiger partial charge in [-0.25, -0.2) is 0 Å². The Hall–Kier alpha value is -1.71. The van der Waals surface area contributed by atoms with Crippen molar-refractivity contribution in [3.63, 3.8) is 0 Å². The minimum Gasteiger partial charge on any atom is -0.505 e. The number of phenolic OH excluding ortho intramolecular Hbond substituents is 1. The lowest BCUT2D eigenvalue weighted by Gasteiger charge is -2.25. The second kappa shape index (κ2) is 11.2. The van der Waals surface area contributed by atoms with Gasteiger partial charge in [0.05, 0.1) is 12.3 Å². The molecule has 0 saturated heterocycles. The Kier molecular flexibility index (Phi) is 9.68. The fourth-order valence-corrected chi connectivity index (χ4v) is 3.12. The number of benzene rings is 1. The number of hydrogen-bond donors (Lipinski definition) is 1. The molecule has 0 radical (unpaired) electrons. The lowest BCUT2D eigenvalue weighted by Crippen LogP contribution is -2.16. The van der Waals surface area contributed by atoms with Crippen LogP contribution in [0.1, 0.15) is 83.8 Å². The van der Waals surface area contributed by atoms with Gasteiger partial charge in [-0.15, -0.1) is 0 Å². The van der Waals surface area contributed by atoms with Gasteiger partial charge in [-0.2, -0.15) is 0 Å². The van der Waals surface area contributed by atoms with Gasteiger partial charge in [0.15, 0.2) is 0 Å². The largest absolute Gasteiger partial charge is 0.505 e. The quantitative estimate of drug-likeness (QED) is 0.403. The van der Waals surface area contributed by atoms with Crippen molar-refractivity contribution in [2.45, 2.75) is 84.5 Å². The Morgan fingerprint density at radius 3 is 2.30 bits per heavy atom. The molecule has 0 aromatic heterocycles. The molecule has 4 nitrogen and oxygen atoms in total. The molecule has 0 fully saturated rings. The molecule has 0 aliphatic rings. The second-order valence-electron chi connectivity index (χ2n) is 8.64. The van der Waals surface area contributed by atoms with Crippen molar-refractivity contribution >= 4 is 11.7 Å². The van der Waals surface area contributed by atoms with Crippen LogP contribution in [0.4, 0.5) is 5.69 Å². The molecule has 0 amide bonds. The zero-order valence-electron chi connectivity index (χ0n) is 18.2. The first-order valence-corrected chi connectivity index (χ1v) is 10.4. The van der Waals surface area contributed by atoms with E-state index in [4.69, 9.17) is 4.74 Å². The lowest BCUT2D eigenvalue weighted by molar-refractivity contribution is -0.143. The molecule has 0 aliphatic heterocycles. The minimum atomic E-state index is -0.164. The molecule has 0 saturated carbocycles. The van der Waals surface area contributed by atoms with Crippen LogP contribution in [-0.4, -0.2) is 31.8 Å². The van der Waals surface area contributed by atoms with Gasteiger partial charge in [-0.1, -0.05) is 65.9 Å². The SMILES string of the molecule is CCCCCCCCOC(=O)CCc1cc(N(C)C)c(O)c(C(C)(C)C)c1. The molecule has 154 valence electrons. The summed E-state index contributed by atoms with van der Waals surface area (Å²) in [4.78, 5) is 13.9. The van der Waals surface area contributed by atoms with Gasteiger partial charge in [0.25, 0.3) is 0 Å². The number of anilines is 1. The van der Waals surface area contributed by atoms with Crippen LogP contribution in [0, 0.1) is 0 Å². The third kappa shape index (κ3) is 8.23. The van der Waals surface area contributed by atoms with Crippen LogP contribution in [0.5, 0.6) is 5.75 Å². The van der Waals surface area contributed by atoms with Crippen molar-refractivity contribution in [2.75, 3.05) is 25.6 Å². The third-order valence-electron chi connectivity index (χ3n) is 4.82. The maximum atomic E-state index is 12.0. The Balaban J connectivity index is 2.56. The molecule has 1 aromatic carbocycles. The molecular formula is C23H39NO3. The number of phenols is 1. The summed E-state index contributed by atoms with van der Waals surface area (Å²) in [5.74, 6) is 0.183. The second-order valence-corrected chi connectivity index (χ2v) is 8.64. The zero-order valence-corrected chi connectivity index (χ0v) is 18.2. The standard InChI is InChI=1S/C23H39NO3/c1-7-8-9-10-11-12-15-27-21(25)14-13-18-16-19(23(2,3)4)22(26)20(17-18)24(5)6/h16-17,26H,7-15H2,1-6H3. The molecule has 0 bridgehead atoms. The maximum absolute atomic E-state index is 12.0. The van der Waals surface area contributed by atoms with Crippen LogP contribution in [0.2, 0.25) is 0 Å². The van der Waals surface area contributed by atoms with Gasteiger partial charge in [0.1, 0.15) is 5.75 Å². The van der Waals surface area contributed by atoms with E-state index in [1.54, 1.807) is 0 Å². The molecule has 1 rings (SSSR count). The summed E-state index contributed by atoms with van der Waals surface area (Å²) in [7, 11) is 3.83. The topological polar surface area (TPSA) is 49.8 Å². The Morgan fingerprint density at radius 2 is 1.70 bits per heavy atom. The number of hydrogen-bond acceptors (Lipinski definition) is 4. The normalized spacial score (nSPS) is 11.5. The molecule has 0 heterocycles. The van der Waals surface area contributed by atoms with Gasteiger partial charge >= 0.3 is 5.97 Å². The number of carbonyl (C=O) groups excluding carboxylic acids is 1. The van der Waals surface area contributed by atoms with Crippen molar-refractivity contribution in [3.8, 4) is 5.75 Å². The van der Waals surface area contributed by atoms with Crippen molar-refractivity contribution in [1.29, 1.82) is 0 Å². The zero-order chi connectivity index (χ0) is 20.4. The molecule has 27 heavy (non-hydrogen) atoms. The van der Waals surface area contributed by atoms with Crippen molar-refractivity contribution in [2.24, 2.45) is 0 Å². The number of aromatic hydroxyl groups is 1. The number of aryl methyl sites for hydroxylation is 1. The number of nitrogens with zero attached hydrogens (tertiary/aromatic N) is 1. The summed E-state index contributed by atoms with van der Waals surface area (Å²) < 4.78 is 5.37. The monoisotopic (exact) mass is 377 g/mol. The van der Waals surface area contributed by atoms with Crippen molar-refractivity contribution < 1.29 is 14.6 Å². The highest BCUT2D eigenvalue weighted by Crippen LogP contribution is 2.38. The third-order valence-corrected chi connectivity index (χ3v) is 4.82. The van der Waals surface area contributed by atoms with E-state index in [0.29, 0.717) is 25.2 Å². The highest BCUT2D eigenvalue weighted by molar-refractivity contribution is 5.70. The Morgan fingerprint density at radius 1 is 1.07 bits per heavy atom. The molecular weight excluding hydrogens is 338 g/mol. The highest BCUT2D eigenvalue weighted by Gasteiger charge is 2.22. The Bertz CT molecular complexity index is 588. The summed E-state index contributed by atoms with van der Waals surface area (Å²) in [6.07, 6.45) is 8.12. The number of unbranched alkanes of at least 4 members (excludes halogenated alkanes) is 5. The van der Waals surface area contributed by atoms with Crippen LogP contribution >= 0.6 is 0 Å². The van der Waals surface area contributed by atoms with Crippen LogP contribution in [0.3, 0.4) is 0 Å². The van der Waals surface area contributed by atoms with Gasteiger partial charge in [0, 0.05) is 26.1 Å². The number of esters is 1. The van der Waals surface area contributed by atoms with Gasteiger partial charge in [-0.3, -0.25) is 4.79 Å². The summed E-state index contributed by atoms with van der Waals surface area (Å²) >= 11 is 0. The van der Waals surface area contributed by atoms with Gasteiger partial charge in [-0.05, 0) is 29.9 Å². The van der Waals surface area contributed by atoms with E-state index >= 15 is 0 Å².